The number of nitrogens with one attached hydrogen (secondary N) is 1. The van der Waals surface area contributed by atoms with Gasteiger partial charge in [-0.05, 0) is 37.5 Å². The number of rotatable bonds is 5. The van der Waals surface area contributed by atoms with Crippen molar-refractivity contribution in [2.24, 2.45) is 17.7 Å². The van der Waals surface area contributed by atoms with Crippen LogP contribution in [0.25, 0.3) is 0 Å². The molecule has 3 N–H and O–H groups in total. The molecule has 0 radical (unpaired) electrons. The van der Waals surface area contributed by atoms with Crippen molar-refractivity contribution in [3.05, 3.63) is 0 Å². The summed E-state index contributed by atoms with van der Waals surface area (Å²) in [6.07, 6.45) is 4.77. The lowest BCUT2D eigenvalue weighted by Gasteiger charge is -2.30. The topological polar surface area (TPSA) is 47.3 Å². The molecule has 0 aromatic heterocycles. The minimum Gasteiger partial charge on any atom is -0.381 e. The molecule has 84 valence electrons. The predicted octanol–water partition coefficient (Wildman–Crippen LogP) is 1.68. The molecule has 14 heavy (non-hydrogen) atoms. The fourth-order valence-electron chi connectivity index (χ4n) is 2.09. The van der Waals surface area contributed by atoms with E-state index in [1.807, 2.05) is 0 Å². The van der Waals surface area contributed by atoms with E-state index in [0.29, 0.717) is 12.0 Å². The van der Waals surface area contributed by atoms with Crippen LogP contribution in [0.1, 0.15) is 39.5 Å². The Morgan fingerprint density at radius 2 is 1.93 bits per heavy atom. The van der Waals surface area contributed by atoms with E-state index in [4.69, 9.17) is 10.6 Å². The van der Waals surface area contributed by atoms with E-state index >= 15 is 0 Å². The zero-order chi connectivity index (χ0) is 10.4. The van der Waals surface area contributed by atoms with Crippen molar-refractivity contribution in [2.75, 3.05) is 13.2 Å². The third-order valence-electron chi connectivity index (χ3n) is 3.10. The van der Waals surface area contributed by atoms with Crippen LogP contribution in [-0.2, 0) is 4.74 Å². The highest BCUT2D eigenvalue weighted by atomic mass is 16.5. The summed E-state index contributed by atoms with van der Waals surface area (Å²) in [5, 5.41) is 0. The molecule has 1 saturated heterocycles. The smallest absolute Gasteiger partial charge is 0.0469 e. The van der Waals surface area contributed by atoms with Gasteiger partial charge >= 0.3 is 0 Å². The molecule has 0 aliphatic carbocycles. The second-order valence-electron chi connectivity index (χ2n) is 4.69. The maximum Gasteiger partial charge on any atom is 0.0469 e. The summed E-state index contributed by atoms with van der Waals surface area (Å²) in [5.74, 6) is 7.08. The van der Waals surface area contributed by atoms with Crippen LogP contribution >= 0.6 is 0 Å². The highest BCUT2D eigenvalue weighted by Crippen LogP contribution is 2.22. The standard InChI is InChI=1S/C11H24N2O/c1-9(2)3-4-11(13-12)10-5-7-14-8-6-10/h9-11,13H,3-8,12H2,1-2H3. The monoisotopic (exact) mass is 200 g/mol. The van der Waals surface area contributed by atoms with Gasteiger partial charge < -0.3 is 4.74 Å². The molecule has 0 aromatic carbocycles. The molecule has 1 aliphatic heterocycles. The van der Waals surface area contributed by atoms with E-state index in [1.165, 1.54) is 12.8 Å². The molecule has 3 nitrogen and oxygen atoms in total. The molecule has 1 aliphatic rings. The zero-order valence-corrected chi connectivity index (χ0v) is 9.46. The number of ether oxygens (including phenoxy) is 1. The Hall–Kier alpha value is -0.120. The fourth-order valence-corrected chi connectivity index (χ4v) is 2.09. The lowest BCUT2D eigenvalue weighted by Crippen LogP contribution is -2.43. The Morgan fingerprint density at radius 1 is 1.29 bits per heavy atom. The van der Waals surface area contributed by atoms with Gasteiger partial charge in [0.25, 0.3) is 0 Å². The van der Waals surface area contributed by atoms with Crippen LogP contribution < -0.4 is 11.3 Å². The Kier molecular flexibility index (Phi) is 5.45. The highest BCUT2D eigenvalue weighted by Gasteiger charge is 2.22. The van der Waals surface area contributed by atoms with Gasteiger partial charge in [-0.3, -0.25) is 11.3 Å². The van der Waals surface area contributed by atoms with Gasteiger partial charge in [0.05, 0.1) is 0 Å². The molecule has 0 spiro atoms. The number of hydrogen-bond donors (Lipinski definition) is 2. The van der Waals surface area contributed by atoms with E-state index in [-0.39, 0.29) is 0 Å². The predicted molar refractivity (Wildman–Crippen MR) is 58.7 cm³/mol. The number of hydrazine groups is 1. The normalized spacial score (nSPS) is 21.4. The Labute approximate surface area is 87.4 Å². The lowest BCUT2D eigenvalue weighted by atomic mass is 9.88. The summed E-state index contributed by atoms with van der Waals surface area (Å²) in [7, 11) is 0. The summed E-state index contributed by atoms with van der Waals surface area (Å²) >= 11 is 0. The molecular weight excluding hydrogens is 176 g/mol. The van der Waals surface area contributed by atoms with Crippen LogP contribution in [0, 0.1) is 11.8 Å². The van der Waals surface area contributed by atoms with E-state index in [0.717, 1.165) is 32.0 Å². The molecule has 3 heteroatoms. The third-order valence-corrected chi connectivity index (χ3v) is 3.10. The fraction of sp³-hybridized carbons (Fsp3) is 1.00. The molecule has 1 fully saturated rings. The van der Waals surface area contributed by atoms with Crippen molar-refractivity contribution in [1.29, 1.82) is 0 Å². The second-order valence-corrected chi connectivity index (χ2v) is 4.69. The maximum atomic E-state index is 5.60. The van der Waals surface area contributed by atoms with Gasteiger partial charge in [0.15, 0.2) is 0 Å². The first-order valence-electron chi connectivity index (χ1n) is 5.78. The van der Waals surface area contributed by atoms with Crippen molar-refractivity contribution >= 4 is 0 Å². The summed E-state index contributed by atoms with van der Waals surface area (Å²) in [6, 6.07) is 0.487. The van der Waals surface area contributed by atoms with Gasteiger partial charge in [-0.2, -0.15) is 0 Å². The molecular formula is C11H24N2O. The van der Waals surface area contributed by atoms with Crippen molar-refractivity contribution in [1.82, 2.24) is 5.43 Å². The second kappa shape index (κ2) is 6.38. The van der Waals surface area contributed by atoms with Crippen LogP contribution in [0.15, 0.2) is 0 Å². The van der Waals surface area contributed by atoms with Crippen LogP contribution in [0.5, 0.6) is 0 Å². The van der Waals surface area contributed by atoms with Gasteiger partial charge in [-0.1, -0.05) is 13.8 Å². The molecule has 0 bridgehead atoms. The van der Waals surface area contributed by atoms with E-state index in [1.54, 1.807) is 0 Å². The van der Waals surface area contributed by atoms with Gasteiger partial charge in [-0.15, -0.1) is 0 Å². The Morgan fingerprint density at radius 3 is 2.43 bits per heavy atom. The molecule has 1 unspecified atom stereocenters. The molecule has 1 heterocycles. The summed E-state index contributed by atoms with van der Waals surface area (Å²) < 4.78 is 5.35. The first-order valence-corrected chi connectivity index (χ1v) is 5.78. The van der Waals surface area contributed by atoms with Crippen molar-refractivity contribution in [2.45, 2.75) is 45.6 Å². The van der Waals surface area contributed by atoms with Crippen LogP contribution in [0.3, 0.4) is 0 Å². The SMILES string of the molecule is CC(C)CCC(NN)C1CCOCC1. The maximum absolute atomic E-state index is 5.60. The largest absolute Gasteiger partial charge is 0.381 e. The Balaban J connectivity index is 2.28. The summed E-state index contributed by atoms with van der Waals surface area (Å²) in [5.41, 5.74) is 2.97. The third kappa shape index (κ3) is 3.95. The van der Waals surface area contributed by atoms with E-state index in [2.05, 4.69) is 19.3 Å². The molecule has 1 rings (SSSR count). The van der Waals surface area contributed by atoms with E-state index < -0.39 is 0 Å². The zero-order valence-electron chi connectivity index (χ0n) is 9.46. The van der Waals surface area contributed by atoms with Crippen LogP contribution in [0.2, 0.25) is 0 Å². The average Bonchev–Trinajstić information content (AvgIpc) is 2.20. The minimum atomic E-state index is 0.487. The van der Waals surface area contributed by atoms with Gasteiger partial charge in [-0.25, -0.2) is 0 Å². The van der Waals surface area contributed by atoms with Gasteiger partial charge in [0.2, 0.25) is 0 Å². The molecule has 1 atom stereocenters. The molecule has 0 saturated carbocycles. The summed E-state index contributed by atoms with van der Waals surface area (Å²) in [4.78, 5) is 0. The van der Waals surface area contributed by atoms with E-state index in [9.17, 15) is 0 Å². The first kappa shape index (κ1) is 12.0. The molecule has 0 aromatic rings. The highest BCUT2D eigenvalue weighted by molar-refractivity contribution is 4.77. The van der Waals surface area contributed by atoms with Crippen molar-refractivity contribution in [3.8, 4) is 0 Å². The minimum absolute atomic E-state index is 0.487. The lowest BCUT2D eigenvalue weighted by molar-refractivity contribution is 0.0519. The number of hydrogen-bond acceptors (Lipinski definition) is 3. The molecule has 0 amide bonds. The number of nitrogens with two attached hydrogens (primary N) is 1. The quantitative estimate of drug-likeness (QED) is 0.524. The summed E-state index contributed by atoms with van der Waals surface area (Å²) in [6.45, 7) is 6.34. The van der Waals surface area contributed by atoms with Gasteiger partial charge in [0, 0.05) is 19.3 Å². The first-order chi connectivity index (χ1) is 6.74. The average molecular weight is 200 g/mol. The Bertz CT molecular complexity index is 144. The van der Waals surface area contributed by atoms with Crippen LogP contribution in [-0.4, -0.2) is 19.3 Å². The van der Waals surface area contributed by atoms with Gasteiger partial charge in [0.1, 0.15) is 0 Å². The van der Waals surface area contributed by atoms with Crippen LogP contribution in [0.4, 0.5) is 0 Å². The van der Waals surface area contributed by atoms with Crippen molar-refractivity contribution < 1.29 is 4.74 Å². The van der Waals surface area contributed by atoms with Crippen molar-refractivity contribution in [3.63, 3.8) is 0 Å².